The minimum atomic E-state index is 0.620. The predicted octanol–water partition coefficient (Wildman–Crippen LogP) is 2.57. The van der Waals surface area contributed by atoms with Gasteiger partial charge in [0.2, 0.25) is 0 Å². The fourth-order valence-electron chi connectivity index (χ4n) is 3.80. The summed E-state index contributed by atoms with van der Waals surface area (Å²) in [6.45, 7) is 4.58. The Kier molecular flexibility index (Phi) is 4.73. The van der Waals surface area contributed by atoms with E-state index >= 15 is 0 Å². The first kappa shape index (κ1) is 14.8. The van der Waals surface area contributed by atoms with Gasteiger partial charge in [0.15, 0.2) is 0 Å². The largest absolute Gasteiger partial charge is 0.356 e. The van der Waals surface area contributed by atoms with E-state index in [9.17, 15) is 0 Å². The van der Waals surface area contributed by atoms with E-state index in [-0.39, 0.29) is 0 Å². The Morgan fingerprint density at radius 2 is 1.90 bits per heavy atom. The van der Waals surface area contributed by atoms with Crippen molar-refractivity contribution in [1.29, 1.82) is 0 Å². The summed E-state index contributed by atoms with van der Waals surface area (Å²) in [5.41, 5.74) is 2.75. The average molecular weight is 288 g/mol. The SMILES string of the molecule is CNC(C)C1CCN(c2ncnc3c2CCCCC3)CC1. The quantitative estimate of drug-likeness (QED) is 0.868. The van der Waals surface area contributed by atoms with Crippen molar-refractivity contribution in [3.05, 3.63) is 17.6 Å². The number of rotatable bonds is 3. The van der Waals surface area contributed by atoms with Gasteiger partial charge in [0.25, 0.3) is 0 Å². The topological polar surface area (TPSA) is 41.0 Å². The number of aryl methyl sites for hydroxylation is 1. The van der Waals surface area contributed by atoms with Crippen LogP contribution in [0.2, 0.25) is 0 Å². The van der Waals surface area contributed by atoms with Crippen molar-refractivity contribution in [3.8, 4) is 0 Å². The molecular formula is C17H28N4. The summed E-state index contributed by atoms with van der Waals surface area (Å²) in [6.07, 6.45) is 10.5. The summed E-state index contributed by atoms with van der Waals surface area (Å²) in [4.78, 5) is 11.7. The lowest BCUT2D eigenvalue weighted by molar-refractivity contribution is 0.322. The Hall–Kier alpha value is -1.16. The number of hydrogen-bond donors (Lipinski definition) is 1. The molecule has 1 aliphatic carbocycles. The van der Waals surface area contributed by atoms with Gasteiger partial charge in [0.05, 0.1) is 0 Å². The van der Waals surface area contributed by atoms with Crippen LogP contribution in [0.1, 0.15) is 50.3 Å². The second kappa shape index (κ2) is 6.73. The van der Waals surface area contributed by atoms with Gasteiger partial charge in [-0.05, 0) is 58.4 Å². The first-order chi connectivity index (χ1) is 10.3. The smallest absolute Gasteiger partial charge is 0.135 e. The molecular weight excluding hydrogens is 260 g/mol. The van der Waals surface area contributed by atoms with Gasteiger partial charge in [-0.1, -0.05) is 6.42 Å². The molecule has 4 heteroatoms. The van der Waals surface area contributed by atoms with Crippen molar-refractivity contribution < 1.29 is 0 Å². The van der Waals surface area contributed by atoms with E-state index in [1.165, 1.54) is 55.6 Å². The molecule has 0 saturated carbocycles. The maximum atomic E-state index is 4.65. The van der Waals surface area contributed by atoms with E-state index in [1.54, 1.807) is 6.33 Å². The Bertz CT molecular complexity index is 466. The highest BCUT2D eigenvalue weighted by Gasteiger charge is 2.26. The lowest BCUT2D eigenvalue weighted by atomic mass is 9.90. The lowest BCUT2D eigenvalue weighted by Crippen LogP contribution is -2.41. The lowest BCUT2D eigenvalue weighted by Gasteiger charge is -2.36. The van der Waals surface area contributed by atoms with E-state index in [4.69, 9.17) is 0 Å². The van der Waals surface area contributed by atoms with Crippen LogP contribution in [-0.2, 0) is 12.8 Å². The Labute approximate surface area is 128 Å². The van der Waals surface area contributed by atoms with Gasteiger partial charge >= 0.3 is 0 Å². The number of hydrogen-bond acceptors (Lipinski definition) is 4. The van der Waals surface area contributed by atoms with E-state index < -0.39 is 0 Å². The molecule has 0 amide bonds. The van der Waals surface area contributed by atoms with Crippen molar-refractivity contribution >= 4 is 5.82 Å². The van der Waals surface area contributed by atoms with Crippen LogP contribution in [0, 0.1) is 5.92 Å². The minimum absolute atomic E-state index is 0.620. The van der Waals surface area contributed by atoms with Crippen LogP contribution >= 0.6 is 0 Å². The van der Waals surface area contributed by atoms with Crippen LogP contribution in [-0.4, -0.2) is 36.1 Å². The fraction of sp³-hybridized carbons (Fsp3) is 0.765. The van der Waals surface area contributed by atoms with Crippen molar-refractivity contribution in [2.75, 3.05) is 25.0 Å². The first-order valence-corrected chi connectivity index (χ1v) is 8.54. The molecule has 0 radical (unpaired) electrons. The highest BCUT2D eigenvalue weighted by molar-refractivity contribution is 5.49. The molecule has 1 atom stereocenters. The second-order valence-electron chi connectivity index (χ2n) is 6.59. The minimum Gasteiger partial charge on any atom is -0.356 e. The molecule has 0 bridgehead atoms. The molecule has 1 saturated heterocycles. The highest BCUT2D eigenvalue weighted by atomic mass is 15.2. The van der Waals surface area contributed by atoms with Crippen molar-refractivity contribution in [2.24, 2.45) is 5.92 Å². The van der Waals surface area contributed by atoms with Gasteiger partial charge in [0, 0.05) is 30.4 Å². The fourth-order valence-corrected chi connectivity index (χ4v) is 3.80. The number of nitrogens with one attached hydrogen (secondary N) is 1. The third kappa shape index (κ3) is 3.20. The molecule has 1 fully saturated rings. The molecule has 1 aromatic heterocycles. The van der Waals surface area contributed by atoms with Gasteiger partial charge in [-0.25, -0.2) is 9.97 Å². The van der Waals surface area contributed by atoms with E-state index in [0.29, 0.717) is 6.04 Å². The molecule has 21 heavy (non-hydrogen) atoms. The molecule has 116 valence electrons. The monoisotopic (exact) mass is 288 g/mol. The zero-order chi connectivity index (χ0) is 14.7. The van der Waals surface area contributed by atoms with Crippen LogP contribution in [0.25, 0.3) is 0 Å². The van der Waals surface area contributed by atoms with Crippen molar-refractivity contribution in [1.82, 2.24) is 15.3 Å². The van der Waals surface area contributed by atoms with Gasteiger partial charge in [-0.15, -0.1) is 0 Å². The number of piperidine rings is 1. The summed E-state index contributed by atoms with van der Waals surface area (Å²) in [6, 6.07) is 0.620. The number of anilines is 1. The third-order valence-corrected chi connectivity index (χ3v) is 5.35. The predicted molar refractivity (Wildman–Crippen MR) is 86.7 cm³/mol. The first-order valence-electron chi connectivity index (χ1n) is 8.54. The maximum absolute atomic E-state index is 4.65. The molecule has 0 spiro atoms. The van der Waals surface area contributed by atoms with E-state index in [0.717, 1.165) is 25.4 Å². The molecule has 2 heterocycles. The van der Waals surface area contributed by atoms with Crippen LogP contribution in [0.5, 0.6) is 0 Å². The van der Waals surface area contributed by atoms with Crippen LogP contribution < -0.4 is 10.2 Å². The van der Waals surface area contributed by atoms with Gasteiger partial charge in [-0.2, -0.15) is 0 Å². The molecule has 1 N–H and O–H groups in total. The molecule has 1 unspecified atom stereocenters. The number of fused-ring (bicyclic) bond motifs is 1. The van der Waals surface area contributed by atoms with Gasteiger partial charge < -0.3 is 10.2 Å². The average Bonchev–Trinajstić information content (AvgIpc) is 2.79. The standard InChI is InChI=1S/C17H28N4/c1-13(18-2)14-8-10-21(11-9-14)17-15-6-4-3-5-7-16(15)19-12-20-17/h12-14,18H,3-11H2,1-2H3. The number of nitrogens with zero attached hydrogens (tertiary/aromatic N) is 3. The molecule has 3 rings (SSSR count). The van der Waals surface area contributed by atoms with Crippen LogP contribution in [0.4, 0.5) is 5.82 Å². The highest BCUT2D eigenvalue weighted by Crippen LogP contribution is 2.30. The molecule has 4 nitrogen and oxygen atoms in total. The van der Waals surface area contributed by atoms with Crippen LogP contribution in [0.3, 0.4) is 0 Å². The van der Waals surface area contributed by atoms with Crippen LogP contribution in [0.15, 0.2) is 6.33 Å². The number of aromatic nitrogens is 2. The zero-order valence-corrected chi connectivity index (χ0v) is 13.4. The summed E-state index contributed by atoms with van der Waals surface area (Å²) in [5.74, 6) is 2.03. The summed E-state index contributed by atoms with van der Waals surface area (Å²) in [7, 11) is 2.07. The van der Waals surface area contributed by atoms with Gasteiger partial charge in [0.1, 0.15) is 12.1 Å². The summed E-state index contributed by atoms with van der Waals surface area (Å²) in [5, 5.41) is 3.40. The normalized spacial score (nSPS) is 21.7. The van der Waals surface area contributed by atoms with Crippen molar-refractivity contribution in [2.45, 2.75) is 57.9 Å². The Morgan fingerprint density at radius 3 is 2.67 bits per heavy atom. The van der Waals surface area contributed by atoms with E-state index in [1.807, 2.05) is 0 Å². The third-order valence-electron chi connectivity index (χ3n) is 5.35. The molecule has 0 aromatic carbocycles. The molecule has 2 aliphatic rings. The summed E-state index contributed by atoms with van der Waals surface area (Å²) >= 11 is 0. The second-order valence-corrected chi connectivity index (χ2v) is 6.59. The van der Waals surface area contributed by atoms with Crippen molar-refractivity contribution in [3.63, 3.8) is 0 Å². The maximum Gasteiger partial charge on any atom is 0.135 e. The van der Waals surface area contributed by atoms with Gasteiger partial charge in [-0.3, -0.25) is 0 Å². The molecule has 1 aliphatic heterocycles. The zero-order valence-electron chi connectivity index (χ0n) is 13.4. The Balaban J connectivity index is 1.74. The van der Waals surface area contributed by atoms with E-state index in [2.05, 4.69) is 34.2 Å². The summed E-state index contributed by atoms with van der Waals surface area (Å²) < 4.78 is 0. The molecule has 1 aromatic rings. The Morgan fingerprint density at radius 1 is 1.14 bits per heavy atom.